The Bertz CT molecular complexity index is 429. The minimum Gasteiger partial charge on any atom is -0.467 e. The Balaban J connectivity index is 1.77. The molecule has 0 bridgehead atoms. The molecule has 0 spiro atoms. The molecule has 0 aliphatic heterocycles. The smallest absolute Gasteiger partial charge is 0.341 e. The van der Waals surface area contributed by atoms with Crippen LogP contribution >= 0.6 is 0 Å². The molecule has 0 aromatic carbocycles. The average molecular weight is 281 g/mol. The highest BCUT2D eigenvalue weighted by Crippen LogP contribution is 2.29. The quantitative estimate of drug-likeness (QED) is 0.780. The van der Waals surface area contributed by atoms with Crippen LogP contribution in [0, 0.1) is 11.8 Å². The maximum Gasteiger partial charge on any atom is 0.341 e. The number of ether oxygens (including phenoxy) is 1. The predicted octanol–water partition coefficient (Wildman–Crippen LogP) is 1.95. The predicted molar refractivity (Wildman–Crippen MR) is 74.3 cm³/mol. The lowest BCUT2D eigenvalue weighted by molar-refractivity contribution is 0.0600. The summed E-state index contributed by atoms with van der Waals surface area (Å²) < 4.78 is 9.95. The third-order valence-corrected chi connectivity index (χ3v) is 4.08. The Morgan fingerprint density at radius 2 is 2.20 bits per heavy atom. The first-order valence-electron chi connectivity index (χ1n) is 7.22. The third kappa shape index (κ3) is 3.84. The zero-order chi connectivity index (χ0) is 14.4. The summed E-state index contributed by atoms with van der Waals surface area (Å²) in [6.07, 6.45) is 6.18. The van der Waals surface area contributed by atoms with Crippen LogP contribution in [-0.4, -0.2) is 31.3 Å². The second kappa shape index (κ2) is 7.45. The van der Waals surface area contributed by atoms with Crippen LogP contribution in [0.5, 0.6) is 0 Å². The van der Waals surface area contributed by atoms with Crippen molar-refractivity contribution >= 4 is 5.97 Å². The molecule has 112 valence electrons. The second-order valence-electron chi connectivity index (χ2n) is 5.41. The van der Waals surface area contributed by atoms with Gasteiger partial charge in [-0.2, -0.15) is 0 Å². The summed E-state index contributed by atoms with van der Waals surface area (Å²) in [6, 6.07) is 1.70. The highest BCUT2D eigenvalue weighted by atomic mass is 16.5. The Labute approximate surface area is 119 Å². The van der Waals surface area contributed by atoms with E-state index in [0.29, 0.717) is 23.9 Å². The fraction of sp³-hybridized carbons (Fsp3) is 0.667. The number of aliphatic hydroxyl groups is 1. The Kier molecular flexibility index (Phi) is 5.61. The molecule has 20 heavy (non-hydrogen) atoms. The third-order valence-electron chi connectivity index (χ3n) is 4.08. The highest BCUT2D eigenvalue weighted by Gasteiger charge is 2.24. The molecule has 1 aliphatic rings. The fourth-order valence-corrected chi connectivity index (χ4v) is 2.87. The summed E-state index contributed by atoms with van der Waals surface area (Å²) in [7, 11) is 1.35. The summed E-state index contributed by atoms with van der Waals surface area (Å²) in [6.45, 7) is 1.74. The molecule has 5 nitrogen and oxygen atoms in total. The minimum atomic E-state index is -0.382. The van der Waals surface area contributed by atoms with Gasteiger partial charge in [-0.3, -0.25) is 0 Å². The van der Waals surface area contributed by atoms with Crippen molar-refractivity contribution in [2.75, 3.05) is 20.3 Å². The van der Waals surface area contributed by atoms with Crippen LogP contribution in [0.4, 0.5) is 0 Å². The van der Waals surface area contributed by atoms with Gasteiger partial charge in [0, 0.05) is 6.61 Å². The van der Waals surface area contributed by atoms with Gasteiger partial charge < -0.3 is 19.6 Å². The van der Waals surface area contributed by atoms with Crippen molar-refractivity contribution in [3.63, 3.8) is 0 Å². The van der Waals surface area contributed by atoms with E-state index in [9.17, 15) is 9.90 Å². The van der Waals surface area contributed by atoms with Gasteiger partial charge in [0.05, 0.1) is 19.2 Å². The lowest BCUT2D eigenvalue weighted by Gasteiger charge is -2.30. The summed E-state index contributed by atoms with van der Waals surface area (Å²) in [4.78, 5) is 11.3. The van der Waals surface area contributed by atoms with Gasteiger partial charge in [-0.1, -0.05) is 12.8 Å². The van der Waals surface area contributed by atoms with E-state index in [4.69, 9.17) is 4.42 Å². The average Bonchev–Trinajstić information content (AvgIpc) is 2.96. The van der Waals surface area contributed by atoms with Gasteiger partial charge in [-0.25, -0.2) is 4.79 Å². The number of rotatable bonds is 6. The van der Waals surface area contributed by atoms with Crippen molar-refractivity contribution in [2.24, 2.45) is 11.8 Å². The van der Waals surface area contributed by atoms with Crippen molar-refractivity contribution < 1.29 is 19.1 Å². The molecule has 2 unspecified atom stereocenters. The molecule has 1 aliphatic carbocycles. The molecule has 0 radical (unpaired) electrons. The maximum absolute atomic E-state index is 11.3. The van der Waals surface area contributed by atoms with Crippen LogP contribution in [-0.2, 0) is 11.3 Å². The monoisotopic (exact) mass is 281 g/mol. The number of nitrogens with one attached hydrogen (secondary N) is 1. The van der Waals surface area contributed by atoms with Gasteiger partial charge in [0.25, 0.3) is 0 Å². The van der Waals surface area contributed by atoms with Gasteiger partial charge in [0.15, 0.2) is 0 Å². The molecule has 1 saturated carbocycles. The number of aliphatic hydroxyl groups excluding tert-OH is 1. The molecule has 5 heteroatoms. The molecule has 0 amide bonds. The summed E-state index contributed by atoms with van der Waals surface area (Å²) >= 11 is 0. The SMILES string of the molecule is COC(=O)c1coc(CNCC2CCCCC2CO)c1. The lowest BCUT2D eigenvalue weighted by Crippen LogP contribution is -2.32. The topological polar surface area (TPSA) is 71.7 Å². The first kappa shape index (κ1) is 15.1. The Morgan fingerprint density at radius 1 is 1.45 bits per heavy atom. The standard InChI is InChI=1S/C15H23NO4/c1-19-15(18)13-6-14(20-10-13)8-16-7-11-4-2-3-5-12(11)9-17/h6,10-12,16-17H,2-5,7-9H2,1H3. The van der Waals surface area contributed by atoms with Crippen LogP contribution in [0.1, 0.15) is 41.8 Å². The molecular formula is C15H23NO4. The van der Waals surface area contributed by atoms with Gasteiger partial charge in [0.1, 0.15) is 12.0 Å². The largest absolute Gasteiger partial charge is 0.467 e. The van der Waals surface area contributed by atoms with E-state index in [-0.39, 0.29) is 12.6 Å². The van der Waals surface area contributed by atoms with Gasteiger partial charge in [0.2, 0.25) is 0 Å². The van der Waals surface area contributed by atoms with Gasteiger partial charge >= 0.3 is 5.97 Å². The number of methoxy groups -OCH3 is 1. The van der Waals surface area contributed by atoms with E-state index in [2.05, 4.69) is 10.1 Å². The summed E-state index contributed by atoms with van der Waals surface area (Å²) in [5, 5.41) is 12.7. The van der Waals surface area contributed by atoms with Crippen LogP contribution in [0.15, 0.2) is 16.7 Å². The lowest BCUT2D eigenvalue weighted by atomic mass is 9.79. The number of furan rings is 1. The molecule has 1 fully saturated rings. The zero-order valence-corrected chi connectivity index (χ0v) is 11.9. The number of hydrogen-bond acceptors (Lipinski definition) is 5. The zero-order valence-electron chi connectivity index (χ0n) is 11.9. The van der Waals surface area contributed by atoms with Crippen LogP contribution < -0.4 is 5.32 Å². The molecule has 1 aromatic heterocycles. The Hall–Kier alpha value is -1.33. The summed E-state index contributed by atoms with van der Waals surface area (Å²) in [5.74, 6) is 1.29. The van der Waals surface area contributed by atoms with Crippen molar-refractivity contribution in [2.45, 2.75) is 32.2 Å². The second-order valence-corrected chi connectivity index (χ2v) is 5.41. The molecular weight excluding hydrogens is 258 g/mol. The van der Waals surface area contributed by atoms with Gasteiger partial charge in [-0.05, 0) is 37.3 Å². The number of hydrogen-bond donors (Lipinski definition) is 2. The molecule has 2 atom stereocenters. The van der Waals surface area contributed by atoms with Crippen molar-refractivity contribution in [1.82, 2.24) is 5.32 Å². The Morgan fingerprint density at radius 3 is 2.90 bits per heavy atom. The minimum absolute atomic E-state index is 0.277. The normalized spacial score (nSPS) is 22.7. The fourth-order valence-electron chi connectivity index (χ4n) is 2.87. The first-order valence-corrected chi connectivity index (χ1v) is 7.22. The van der Waals surface area contributed by atoms with E-state index in [1.165, 1.54) is 32.6 Å². The van der Waals surface area contributed by atoms with Crippen LogP contribution in [0.25, 0.3) is 0 Å². The van der Waals surface area contributed by atoms with E-state index in [0.717, 1.165) is 18.7 Å². The molecule has 1 aromatic rings. The van der Waals surface area contributed by atoms with Crippen molar-refractivity contribution in [3.05, 3.63) is 23.7 Å². The number of carbonyl (C=O) groups is 1. The number of carbonyl (C=O) groups excluding carboxylic acids is 1. The van der Waals surface area contributed by atoms with E-state index in [1.807, 2.05) is 0 Å². The van der Waals surface area contributed by atoms with E-state index >= 15 is 0 Å². The van der Waals surface area contributed by atoms with Crippen molar-refractivity contribution in [1.29, 1.82) is 0 Å². The van der Waals surface area contributed by atoms with E-state index in [1.54, 1.807) is 6.07 Å². The van der Waals surface area contributed by atoms with Crippen molar-refractivity contribution in [3.8, 4) is 0 Å². The van der Waals surface area contributed by atoms with E-state index < -0.39 is 0 Å². The van der Waals surface area contributed by atoms with Crippen LogP contribution in [0.3, 0.4) is 0 Å². The molecule has 1 heterocycles. The molecule has 2 N–H and O–H groups in total. The molecule has 2 rings (SSSR count). The summed E-state index contributed by atoms with van der Waals surface area (Å²) in [5.41, 5.74) is 0.440. The number of esters is 1. The molecule has 0 saturated heterocycles. The van der Waals surface area contributed by atoms with Crippen LogP contribution in [0.2, 0.25) is 0 Å². The maximum atomic E-state index is 11.3. The van der Waals surface area contributed by atoms with Gasteiger partial charge in [-0.15, -0.1) is 0 Å². The highest BCUT2D eigenvalue weighted by molar-refractivity contribution is 5.88. The first-order chi connectivity index (χ1) is 9.74.